The van der Waals surface area contributed by atoms with E-state index in [0.717, 1.165) is 56.8 Å². The fourth-order valence-corrected chi connectivity index (χ4v) is 12.6. The fraction of sp³-hybridized carbons (Fsp3) is 0.193. The van der Waals surface area contributed by atoms with Gasteiger partial charge in [-0.3, -0.25) is 0 Å². The molecular weight excluding hydrogens is 993 g/mol. The second-order valence-corrected chi connectivity index (χ2v) is 28.1. The zero-order chi connectivity index (χ0) is 41.8. The molecule has 0 aliphatic heterocycles. The van der Waals surface area contributed by atoms with E-state index in [1.54, 1.807) is 0 Å². The van der Waals surface area contributed by atoms with Crippen molar-refractivity contribution >= 4 is 39.6 Å². The Morgan fingerprint density at radius 2 is 1.31 bits per heavy atom. The van der Waals surface area contributed by atoms with Crippen LogP contribution in [0, 0.1) is 25.0 Å². The Morgan fingerprint density at radius 3 is 1.98 bits per heavy atom. The van der Waals surface area contributed by atoms with Gasteiger partial charge in [-0.25, -0.2) is 0 Å². The SMILES string of the molecule is Cc1cc(-c2[c-]cc(-c3ccccc3)c(-c3ccccc3)c2)nc[c]1[Ge]([CH3])([CH3])[CH3].[Ir].[c-]1ccc2c(oc3ccc(-c4ccccc4)cc32)c1-c1cc(CC2CCCCC2)ccn1. The molecule has 1 aliphatic carbocycles. The van der Waals surface area contributed by atoms with Crippen molar-refractivity contribution in [2.45, 2.75) is 62.7 Å². The average Bonchev–Trinajstić information content (AvgIpc) is 3.68. The van der Waals surface area contributed by atoms with Gasteiger partial charge in [0.15, 0.2) is 0 Å². The van der Waals surface area contributed by atoms with Gasteiger partial charge in [0.05, 0.1) is 5.58 Å². The van der Waals surface area contributed by atoms with Crippen LogP contribution in [0.2, 0.25) is 17.3 Å². The minimum atomic E-state index is -1.91. The van der Waals surface area contributed by atoms with E-state index < -0.39 is 13.3 Å². The summed E-state index contributed by atoms with van der Waals surface area (Å²) in [4.78, 5) is 9.53. The number of furan rings is 1. The van der Waals surface area contributed by atoms with E-state index in [0.29, 0.717) is 0 Å². The maximum absolute atomic E-state index is 6.35. The number of rotatable bonds is 8. The van der Waals surface area contributed by atoms with E-state index in [-0.39, 0.29) is 20.1 Å². The van der Waals surface area contributed by atoms with Gasteiger partial charge in [0, 0.05) is 31.7 Å². The molecule has 6 aromatic carbocycles. The predicted octanol–water partition coefficient (Wildman–Crippen LogP) is 15.0. The molecule has 1 saturated carbocycles. The minimum absolute atomic E-state index is 0. The monoisotopic (exact) mass is 1050 g/mol. The molecule has 10 rings (SSSR count). The summed E-state index contributed by atoms with van der Waals surface area (Å²) in [6.45, 7) is 2.22. The van der Waals surface area contributed by atoms with Crippen LogP contribution in [0.3, 0.4) is 0 Å². The number of aromatic nitrogens is 2. The molecule has 0 saturated heterocycles. The molecule has 1 aliphatic rings. The van der Waals surface area contributed by atoms with Gasteiger partial charge in [-0.2, -0.15) is 0 Å². The molecule has 0 amide bonds. The molecule has 3 aromatic heterocycles. The van der Waals surface area contributed by atoms with Gasteiger partial charge >= 0.3 is 177 Å². The molecule has 3 heterocycles. The second kappa shape index (κ2) is 19.3. The third-order valence-corrected chi connectivity index (χ3v) is 16.7. The first-order chi connectivity index (χ1) is 29.8. The van der Waals surface area contributed by atoms with E-state index in [4.69, 9.17) is 14.4 Å². The third-order valence-electron chi connectivity index (χ3n) is 12.2. The molecule has 5 heteroatoms. The van der Waals surface area contributed by atoms with Crippen molar-refractivity contribution in [3.05, 3.63) is 187 Å². The van der Waals surface area contributed by atoms with Gasteiger partial charge in [-0.15, -0.1) is 18.2 Å². The number of benzene rings is 6. The summed E-state index contributed by atoms with van der Waals surface area (Å²) in [5.41, 5.74) is 15.7. The number of pyridine rings is 2. The number of hydrogen-bond acceptors (Lipinski definition) is 3. The Kier molecular flexibility index (Phi) is 13.5. The summed E-state index contributed by atoms with van der Waals surface area (Å²) in [5.74, 6) is 8.05. The summed E-state index contributed by atoms with van der Waals surface area (Å²) in [7, 11) is 0. The molecule has 3 nitrogen and oxygen atoms in total. The van der Waals surface area contributed by atoms with Crippen LogP contribution in [-0.2, 0) is 26.5 Å². The van der Waals surface area contributed by atoms with Crippen molar-refractivity contribution < 1.29 is 24.5 Å². The minimum Gasteiger partial charge on any atom is -0.501 e. The molecule has 0 spiro atoms. The van der Waals surface area contributed by atoms with Crippen LogP contribution in [0.5, 0.6) is 0 Å². The Labute approximate surface area is 383 Å². The van der Waals surface area contributed by atoms with E-state index in [2.05, 4.69) is 182 Å². The second-order valence-electron chi connectivity index (χ2n) is 17.6. The first-order valence-electron chi connectivity index (χ1n) is 21.8. The smallest absolute Gasteiger partial charge is 0.120 e. The Morgan fingerprint density at radius 1 is 0.629 bits per heavy atom. The van der Waals surface area contributed by atoms with E-state index in [1.807, 2.05) is 18.3 Å². The molecule has 1 radical (unpaired) electrons. The number of hydrogen-bond donors (Lipinski definition) is 0. The van der Waals surface area contributed by atoms with Crippen LogP contribution < -0.4 is 4.40 Å². The molecule has 1 fully saturated rings. The molecule has 9 aromatic rings. The zero-order valence-electron chi connectivity index (χ0n) is 36.0. The van der Waals surface area contributed by atoms with Crippen LogP contribution in [0.4, 0.5) is 0 Å². The van der Waals surface area contributed by atoms with E-state index >= 15 is 0 Å². The maximum atomic E-state index is 6.35. The van der Waals surface area contributed by atoms with Crippen molar-refractivity contribution in [1.82, 2.24) is 9.97 Å². The quantitative estimate of drug-likeness (QED) is 0.112. The standard InChI is InChI=1S/C30H26NO.C27H26GeN.Ir/c1-3-8-21(9-4-1)18-22-16-17-31-28(19-22)26-13-7-12-25-27-20-24(23-10-5-2-6-11-23)14-15-29(27)32-30(25)26;1-20-17-27(29-19-26(20)28(2,3)4)23-15-16-24(21-11-7-5-8-12-21)25(18-23)22-13-9-6-10-14-22;/h2,5-7,10-12,14-17,19-21H,1,3-4,8-9,18H2;5-14,16-19H,1-4H3;/q2*-1;. The first kappa shape index (κ1) is 43.3. The van der Waals surface area contributed by atoms with Crippen molar-refractivity contribution in [1.29, 1.82) is 0 Å². The average molecular weight is 1050 g/mol. The van der Waals surface area contributed by atoms with Gasteiger partial charge in [0.1, 0.15) is 5.58 Å². The van der Waals surface area contributed by atoms with E-state index in [1.165, 1.54) is 81.0 Å². The van der Waals surface area contributed by atoms with Gasteiger partial charge in [0.2, 0.25) is 0 Å². The number of fused-ring (bicyclic) bond motifs is 3. The van der Waals surface area contributed by atoms with Crippen molar-refractivity contribution in [2.75, 3.05) is 0 Å². The predicted molar refractivity (Wildman–Crippen MR) is 259 cm³/mol. The van der Waals surface area contributed by atoms with Crippen LogP contribution in [0.15, 0.2) is 168 Å². The van der Waals surface area contributed by atoms with Gasteiger partial charge in [-0.1, -0.05) is 91.1 Å². The maximum Gasteiger partial charge on any atom is 0.120 e. The third kappa shape index (κ3) is 9.64. The molecular formula is C57H52GeIrN2O-2. The van der Waals surface area contributed by atoms with Crippen molar-refractivity contribution in [2.24, 2.45) is 5.92 Å². The van der Waals surface area contributed by atoms with Gasteiger partial charge < -0.3 is 9.40 Å². The summed E-state index contributed by atoms with van der Waals surface area (Å²) in [5, 5.41) is 2.25. The molecule has 0 bridgehead atoms. The van der Waals surface area contributed by atoms with Gasteiger partial charge in [-0.05, 0) is 47.4 Å². The Balaban J connectivity index is 0.000000169. The summed E-state index contributed by atoms with van der Waals surface area (Å²) in [6.07, 6.45) is 12.0. The van der Waals surface area contributed by atoms with Crippen molar-refractivity contribution in [3.63, 3.8) is 0 Å². The Bertz CT molecular complexity index is 2910. The van der Waals surface area contributed by atoms with Crippen LogP contribution in [0.1, 0.15) is 43.2 Å². The summed E-state index contributed by atoms with van der Waals surface area (Å²) in [6, 6.07) is 60.0. The molecule has 0 unspecified atom stereocenters. The topological polar surface area (TPSA) is 38.9 Å². The first-order valence-corrected chi connectivity index (χ1v) is 29.1. The Hall–Kier alpha value is -5.39. The van der Waals surface area contributed by atoms with Crippen molar-refractivity contribution in [3.8, 4) is 55.9 Å². The van der Waals surface area contributed by atoms with E-state index in [9.17, 15) is 0 Å². The summed E-state index contributed by atoms with van der Waals surface area (Å²) >= 11 is -1.91. The number of nitrogens with zero attached hydrogens (tertiary/aromatic N) is 2. The molecule has 0 N–H and O–H groups in total. The fourth-order valence-electron chi connectivity index (χ4n) is 9.05. The zero-order valence-corrected chi connectivity index (χ0v) is 40.5. The van der Waals surface area contributed by atoms with Gasteiger partial charge in [0.25, 0.3) is 0 Å². The normalized spacial score (nSPS) is 13.0. The molecule has 311 valence electrons. The molecule has 0 atom stereocenters. The molecule has 62 heavy (non-hydrogen) atoms. The largest absolute Gasteiger partial charge is 0.501 e. The van der Waals surface area contributed by atoms with Crippen LogP contribution in [0.25, 0.3) is 77.8 Å². The van der Waals surface area contributed by atoms with Crippen LogP contribution in [-0.4, -0.2) is 23.2 Å². The van der Waals surface area contributed by atoms with Crippen LogP contribution >= 0.6 is 0 Å². The summed E-state index contributed by atoms with van der Waals surface area (Å²) < 4.78 is 7.82. The number of aryl methyl sites for hydroxylation is 1.